The third kappa shape index (κ3) is 3.95. The van der Waals surface area contributed by atoms with E-state index in [0.717, 1.165) is 31.5 Å². The predicted molar refractivity (Wildman–Crippen MR) is 106 cm³/mol. The quantitative estimate of drug-likeness (QED) is 0.701. The Bertz CT molecular complexity index is 734. The molecule has 0 radical (unpaired) electrons. The van der Waals surface area contributed by atoms with Crippen molar-refractivity contribution in [3.63, 3.8) is 0 Å². The summed E-state index contributed by atoms with van der Waals surface area (Å²) in [5.41, 5.74) is 5.03. The first-order valence-electron chi connectivity index (χ1n) is 9.31. The Morgan fingerprint density at radius 1 is 1.00 bits per heavy atom. The Morgan fingerprint density at radius 2 is 1.64 bits per heavy atom. The van der Waals surface area contributed by atoms with Gasteiger partial charge in [-0.3, -0.25) is 4.79 Å². The summed E-state index contributed by atoms with van der Waals surface area (Å²) in [6, 6.07) is 16.5. The summed E-state index contributed by atoms with van der Waals surface area (Å²) in [5, 5.41) is 0. The van der Waals surface area contributed by atoms with E-state index in [1.165, 1.54) is 16.8 Å². The van der Waals surface area contributed by atoms with E-state index in [4.69, 9.17) is 0 Å². The molecule has 1 saturated heterocycles. The van der Waals surface area contributed by atoms with Gasteiger partial charge in [0, 0.05) is 30.3 Å². The maximum absolute atomic E-state index is 12.7. The molecule has 2 aromatic carbocycles. The molecule has 0 spiro atoms. The van der Waals surface area contributed by atoms with Gasteiger partial charge in [-0.1, -0.05) is 63.2 Å². The first-order chi connectivity index (χ1) is 11.9. The van der Waals surface area contributed by atoms with Crippen molar-refractivity contribution in [3.05, 3.63) is 65.2 Å². The molecule has 0 amide bonds. The van der Waals surface area contributed by atoms with E-state index in [9.17, 15) is 4.79 Å². The molecular formula is C23H29NO. The van der Waals surface area contributed by atoms with Crippen LogP contribution in [0.3, 0.4) is 0 Å². The van der Waals surface area contributed by atoms with E-state index in [-0.39, 0.29) is 11.3 Å². The van der Waals surface area contributed by atoms with Crippen LogP contribution in [0.25, 0.3) is 0 Å². The summed E-state index contributed by atoms with van der Waals surface area (Å²) in [4.78, 5) is 15.1. The Balaban J connectivity index is 1.71. The minimum absolute atomic E-state index is 0.157. The van der Waals surface area contributed by atoms with E-state index in [1.54, 1.807) is 0 Å². The van der Waals surface area contributed by atoms with Crippen molar-refractivity contribution in [2.24, 2.45) is 5.92 Å². The molecule has 0 aliphatic carbocycles. The number of hydrogen-bond acceptors (Lipinski definition) is 2. The van der Waals surface area contributed by atoms with Gasteiger partial charge in [-0.2, -0.15) is 0 Å². The third-order valence-corrected chi connectivity index (χ3v) is 5.34. The molecule has 1 fully saturated rings. The first kappa shape index (κ1) is 17.7. The highest BCUT2D eigenvalue weighted by atomic mass is 16.1. The molecule has 2 heteroatoms. The van der Waals surface area contributed by atoms with Crippen molar-refractivity contribution in [2.75, 3.05) is 18.0 Å². The lowest BCUT2D eigenvalue weighted by molar-refractivity contribution is 0.0900. The van der Waals surface area contributed by atoms with Crippen LogP contribution in [0.1, 0.15) is 55.1 Å². The monoisotopic (exact) mass is 335 g/mol. The lowest BCUT2D eigenvalue weighted by Gasteiger charge is -2.35. The molecule has 0 bridgehead atoms. The van der Waals surface area contributed by atoms with Gasteiger partial charge in [-0.15, -0.1) is 0 Å². The molecule has 3 rings (SSSR count). The van der Waals surface area contributed by atoms with Gasteiger partial charge in [-0.25, -0.2) is 0 Å². The second-order valence-corrected chi connectivity index (χ2v) is 8.24. The lowest BCUT2D eigenvalue weighted by atomic mass is 9.85. The van der Waals surface area contributed by atoms with Crippen LogP contribution < -0.4 is 4.90 Å². The van der Waals surface area contributed by atoms with Gasteiger partial charge in [0.25, 0.3) is 0 Å². The average Bonchev–Trinajstić information content (AvgIpc) is 2.61. The number of nitrogens with zero attached hydrogens (tertiary/aromatic N) is 1. The molecule has 1 heterocycles. The average molecular weight is 335 g/mol. The first-order valence-corrected chi connectivity index (χ1v) is 9.31. The van der Waals surface area contributed by atoms with Crippen LogP contribution in [-0.4, -0.2) is 18.9 Å². The van der Waals surface area contributed by atoms with Gasteiger partial charge >= 0.3 is 0 Å². The van der Waals surface area contributed by atoms with Crippen LogP contribution in [0.4, 0.5) is 5.69 Å². The highest BCUT2D eigenvalue weighted by Gasteiger charge is 2.27. The molecule has 0 N–H and O–H groups in total. The van der Waals surface area contributed by atoms with E-state index in [2.05, 4.69) is 50.8 Å². The zero-order valence-electron chi connectivity index (χ0n) is 15.9. The minimum atomic E-state index is 0.157. The van der Waals surface area contributed by atoms with E-state index < -0.39 is 0 Å². The summed E-state index contributed by atoms with van der Waals surface area (Å²) in [7, 11) is 0. The summed E-state index contributed by atoms with van der Waals surface area (Å²) < 4.78 is 0. The van der Waals surface area contributed by atoms with Crippen LogP contribution in [-0.2, 0) is 5.41 Å². The fraction of sp³-hybridized carbons (Fsp3) is 0.435. The summed E-state index contributed by atoms with van der Waals surface area (Å²) >= 11 is 0. The highest BCUT2D eigenvalue weighted by Crippen LogP contribution is 2.32. The second kappa shape index (κ2) is 7.03. The van der Waals surface area contributed by atoms with Crippen LogP contribution in [0.2, 0.25) is 0 Å². The predicted octanol–water partition coefficient (Wildman–Crippen LogP) is 5.39. The van der Waals surface area contributed by atoms with Gasteiger partial charge in [-0.05, 0) is 42.4 Å². The number of anilines is 1. The zero-order chi connectivity index (χ0) is 18.0. The van der Waals surface area contributed by atoms with E-state index >= 15 is 0 Å². The third-order valence-electron chi connectivity index (χ3n) is 5.34. The summed E-state index contributed by atoms with van der Waals surface area (Å²) in [6.07, 6.45) is 1.87. The molecule has 2 nitrogen and oxygen atoms in total. The van der Waals surface area contributed by atoms with Gasteiger partial charge < -0.3 is 4.90 Å². The smallest absolute Gasteiger partial charge is 0.166 e. The van der Waals surface area contributed by atoms with E-state index in [1.807, 2.05) is 30.3 Å². The molecule has 0 atom stereocenters. The van der Waals surface area contributed by atoms with Gasteiger partial charge in [0.1, 0.15) is 0 Å². The number of aryl methyl sites for hydroxylation is 1. The fourth-order valence-corrected chi connectivity index (χ4v) is 3.64. The van der Waals surface area contributed by atoms with E-state index in [0.29, 0.717) is 5.78 Å². The van der Waals surface area contributed by atoms with Crippen molar-refractivity contribution in [2.45, 2.75) is 46.0 Å². The molecule has 2 aromatic rings. The van der Waals surface area contributed by atoms with Gasteiger partial charge in [0.2, 0.25) is 0 Å². The fourth-order valence-electron chi connectivity index (χ4n) is 3.64. The molecule has 25 heavy (non-hydrogen) atoms. The topological polar surface area (TPSA) is 20.3 Å². The van der Waals surface area contributed by atoms with Crippen molar-refractivity contribution in [1.82, 2.24) is 0 Å². The van der Waals surface area contributed by atoms with Crippen LogP contribution in [0.15, 0.2) is 48.5 Å². The van der Waals surface area contributed by atoms with Gasteiger partial charge in [0.15, 0.2) is 5.78 Å². The normalized spacial score (nSPS) is 16.1. The number of carbonyl (C=O) groups is 1. The number of benzene rings is 2. The number of hydrogen-bond donors (Lipinski definition) is 0. The molecule has 1 aliphatic rings. The number of rotatable bonds is 3. The molecule has 0 aromatic heterocycles. The largest absolute Gasteiger partial charge is 0.371 e. The maximum atomic E-state index is 12.7. The Labute approximate surface area is 151 Å². The standard InChI is InChI=1S/C23H29NO/c1-17-10-11-20(23(2,3)4)16-21(17)24-14-12-19(13-15-24)22(25)18-8-6-5-7-9-18/h5-11,16,19H,12-15H2,1-4H3. The SMILES string of the molecule is Cc1ccc(C(C)(C)C)cc1N1CCC(C(=O)c2ccccc2)CC1. The summed E-state index contributed by atoms with van der Waals surface area (Å²) in [6.45, 7) is 10.9. The molecule has 0 unspecified atom stereocenters. The second-order valence-electron chi connectivity index (χ2n) is 8.24. The molecule has 132 valence electrons. The summed E-state index contributed by atoms with van der Waals surface area (Å²) in [5.74, 6) is 0.463. The number of carbonyl (C=O) groups excluding carboxylic acids is 1. The Morgan fingerprint density at radius 3 is 2.24 bits per heavy atom. The molecule has 1 aliphatic heterocycles. The van der Waals surface area contributed by atoms with Crippen LogP contribution >= 0.6 is 0 Å². The zero-order valence-corrected chi connectivity index (χ0v) is 15.9. The molecular weight excluding hydrogens is 306 g/mol. The Hall–Kier alpha value is -2.09. The van der Waals surface area contributed by atoms with Crippen LogP contribution in [0.5, 0.6) is 0 Å². The molecule has 0 saturated carbocycles. The van der Waals surface area contributed by atoms with Crippen LogP contribution in [0, 0.1) is 12.8 Å². The number of Topliss-reactive ketones (excluding diaryl/α,β-unsaturated/α-hetero) is 1. The minimum Gasteiger partial charge on any atom is -0.371 e. The lowest BCUT2D eigenvalue weighted by Crippen LogP contribution is -2.37. The highest BCUT2D eigenvalue weighted by molar-refractivity contribution is 5.97. The van der Waals surface area contributed by atoms with Crippen molar-refractivity contribution < 1.29 is 4.79 Å². The van der Waals surface area contributed by atoms with Crippen molar-refractivity contribution in [1.29, 1.82) is 0 Å². The van der Waals surface area contributed by atoms with Crippen molar-refractivity contribution in [3.8, 4) is 0 Å². The maximum Gasteiger partial charge on any atom is 0.166 e. The van der Waals surface area contributed by atoms with Crippen molar-refractivity contribution >= 4 is 11.5 Å². The Kier molecular flexibility index (Phi) is 4.99. The van der Waals surface area contributed by atoms with Gasteiger partial charge in [0.05, 0.1) is 0 Å². The number of ketones is 1. The number of piperidine rings is 1.